The molecule has 0 aliphatic heterocycles. The zero-order valence-electron chi connectivity index (χ0n) is 9.58. The van der Waals surface area contributed by atoms with Crippen molar-refractivity contribution in [2.45, 2.75) is 13.1 Å². The molecular weight excluding hydrogens is 232 g/mol. The van der Waals surface area contributed by atoms with Gasteiger partial charge in [0, 0.05) is 25.5 Å². The maximum Gasteiger partial charge on any atom is 0.337 e. The van der Waals surface area contributed by atoms with Crippen LogP contribution < -0.4 is 5.32 Å². The van der Waals surface area contributed by atoms with Gasteiger partial charge < -0.3 is 10.4 Å². The van der Waals surface area contributed by atoms with E-state index in [4.69, 9.17) is 5.11 Å². The fourth-order valence-corrected chi connectivity index (χ4v) is 1.40. The molecule has 18 heavy (non-hydrogen) atoms. The Morgan fingerprint density at radius 3 is 2.50 bits per heavy atom. The molecule has 0 amide bonds. The van der Waals surface area contributed by atoms with E-state index < -0.39 is 5.97 Å². The van der Waals surface area contributed by atoms with Crippen LogP contribution in [0, 0.1) is 0 Å². The Labute approximate surface area is 104 Å². The summed E-state index contributed by atoms with van der Waals surface area (Å²) in [5.74, 6) is -0.969. The third-order valence-electron chi connectivity index (χ3n) is 2.33. The summed E-state index contributed by atoms with van der Waals surface area (Å²) < 4.78 is 0. The van der Waals surface area contributed by atoms with Crippen LogP contribution in [0.5, 0.6) is 0 Å². The van der Waals surface area contributed by atoms with E-state index in [1.165, 1.54) is 18.6 Å². The van der Waals surface area contributed by atoms with E-state index in [1.807, 2.05) is 6.07 Å². The van der Waals surface area contributed by atoms with Gasteiger partial charge >= 0.3 is 5.97 Å². The second-order valence-corrected chi connectivity index (χ2v) is 3.65. The van der Waals surface area contributed by atoms with Gasteiger partial charge in [-0.3, -0.25) is 4.98 Å². The summed E-state index contributed by atoms with van der Waals surface area (Å²) in [5.41, 5.74) is 1.87. The van der Waals surface area contributed by atoms with Crippen LogP contribution in [0.1, 0.15) is 21.7 Å². The third-order valence-corrected chi connectivity index (χ3v) is 2.33. The lowest BCUT2D eigenvalue weighted by molar-refractivity contribution is 0.0696. The number of nitrogens with zero attached hydrogens (tertiary/aromatic N) is 3. The Bertz CT molecular complexity index is 513. The largest absolute Gasteiger partial charge is 0.478 e. The average Bonchev–Trinajstić information content (AvgIpc) is 2.40. The molecule has 0 fully saturated rings. The number of pyridine rings is 1. The van der Waals surface area contributed by atoms with Crippen molar-refractivity contribution in [1.29, 1.82) is 0 Å². The zero-order valence-corrected chi connectivity index (χ0v) is 9.58. The third kappa shape index (κ3) is 3.33. The van der Waals surface area contributed by atoms with Gasteiger partial charge in [0.05, 0.1) is 17.0 Å². The van der Waals surface area contributed by atoms with Crippen LogP contribution in [0.3, 0.4) is 0 Å². The second kappa shape index (κ2) is 5.83. The van der Waals surface area contributed by atoms with Gasteiger partial charge in [-0.15, -0.1) is 0 Å². The maximum atomic E-state index is 10.6. The van der Waals surface area contributed by atoms with Crippen LogP contribution >= 0.6 is 0 Å². The van der Waals surface area contributed by atoms with Crippen molar-refractivity contribution in [3.05, 3.63) is 53.9 Å². The first-order chi connectivity index (χ1) is 8.75. The molecule has 0 unspecified atom stereocenters. The topological polar surface area (TPSA) is 88.0 Å². The molecule has 0 aliphatic rings. The molecule has 0 atom stereocenters. The highest BCUT2D eigenvalue weighted by molar-refractivity contribution is 5.87. The molecule has 2 aromatic rings. The second-order valence-electron chi connectivity index (χ2n) is 3.65. The number of nitrogens with one attached hydrogen (secondary N) is 1. The van der Waals surface area contributed by atoms with Gasteiger partial charge in [-0.2, -0.15) is 0 Å². The number of hydrogen-bond donors (Lipinski definition) is 2. The highest BCUT2D eigenvalue weighted by Gasteiger charge is 2.02. The summed E-state index contributed by atoms with van der Waals surface area (Å²) in [7, 11) is 0. The van der Waals surface area contributed by atoms with E-state index in [0.29, 0.717) is 13.1 Å². The number of carboxylic acids is 1. The van der Waals surface area contributed by atoms with Gasteiger partial charge in [-0.05, 0) is 18.2 Å². The van der Waals surface area contributed by atoms with E-state index in [9.17, 15) is 4.79 Å². The first-order valence-electron chi connectivity index (χ1n) is 5.39. The van der Waals surface area contributed by atoms with Crippen molar-refractivity contribution in [2.75, 3.05) is 0 Å². The molecule has 6 heteroatoms. The minimum absolute atomic E-state index is 0.189. The number of aromatic carboxylic acids is 1. The lowest BCUT2D eigenvalue weighted by Gasteiger charge is -2.03. The number of hydrogen-bond acceptors (Lipinski definition) is 5. The molecule has 2 heterocycles. The van der Waals surface area contributed by atoms with Gasteiger partial charge in [0.15, 0.2) is 0 Å². The number of aromatic nitrogens is 3. The molecule has 2 rings (SSSR count). The van der Waals surface area contributed by atoms with Crippen molar-refractivity contribution in [2.24, 2.45) is 0 Å². The lowest BCUT2D eigenvalue weighted by atomic mass is 10.2. The Morgan fingerprint density at radius 2 is 1.94 bits per heavy atom. The summed E-state index contributed by atoms with van der Waals surface area (Å²) in [4.78, 5) is 22.6. The highest BCUT2D eigenvalue weighted by Crippen LogP contribution is 2.00. The van der Waals surface area contributed by atoms with Crippen molar-refractivity contribution < 1.29 is 9.90 Å². The Hall–Kier alpha value is -2.34. The number of carboxylic acid groups (broad SMARTS) is 1. The molecule has 2 N–H and O–H groups in total. The van der Waals surface area contributed by atoms with Gasteiger partial charge in [0.25, 0.3) is 0 Å². The Morgan fingerprint density at radius 1 is 1.17 bits per heavy atom. The number of carbonyl (C=O) groups is 1. The van der Waals surface area contributed by atoms with Crippen molar-refractivity contribution in [1.82, 2.24) is 20.3 Å². The molecule has 0 saturated carbocycles. The first kappa shape index (κ1) is 12.1. The highest BCUT2D eigenvalue weighted by atomic mass is 16.4. The van der Waals surface area contributed by atoms with E-state index in [2.05, 4.69) is 20.3 Å². The first-order valence-corrected chi connectivity index (χ1v) is 5.39. The van der Waals surface area contributed by atoms with Crippen molar-refractivity contribution >= 4 is 5.97 Å². The summed E-state index contributed by atoms with van der Waals surface area (Å²) in [6, 6.07) is 5.06. The minimum Gasteiger partial charge on any atom is -0.478 e. The van der Waals surface area contributed by atoms with E-state index in [1.54, 1.807) is 12.3 Å². The van der Waals surface area contributed by atoms with E-state index in [0.717, 1.165) is 11.4 Å². The van der Waals surface area contributed by atoms with Crippen LogP contribution in [0.25, 0.3) is 0 Å². The predicted molar refractivity (Wildman–Crippen MR) is 63.8 cm³/mol. The summed E-state index contributed by atoms with van der Waals surface area (Å²) >= 11 is 0. The Kier molecular flexibility index (Phi) is 3.93. The van der Waals surface area contributed by atoms with Gasteiger partial charge in [-0.1, -0.05) is 0 Å². The van der Waals surface area contributed by atoms with Crippen molar-refractivity contribution in [3.63, 3.8) is 0 Å². The zero-order chi connectivity index (χ0) is 12.8. The molecule has 0 spiro atoms. The smallest absolute Gasteiger partial charge is 0.337 e. The quantitative estimate of drug-likeness (QED) is 0.811. The van der Waals surface area contributed by atoms with Gasteiger partial charge in [0.1, 0.15) is 6.33 Å². The molecule has 0 bridgehead atoms. The van der Waals surface area contributed by atoms with Crippen LogP contribution in [-0.4, -0.2) is 26.0 Å². The van der Waals surface area contributed by atoms with Gasteiger partial charge in [0.2, 0.25) is 0 Å². The maximum absolute atomic E-state index is 10.6. The summed E-state index contributed by atoms with van der Waals surface area (Å²) in [6.45, 7) is 1.18. The standard InChI is InChI=1S/C12H12N4O2/c17-12(18)9-1-2-10(15-5-9)6-14-7-11-3-4-13-8-16-11/h1-5,8,14H,6-7H2,(H,17,18). The molecule has 0 aliphatic carbocycles. The molecule has 6 nitrogen and oxygen atoms in total. The molecule has 0 aromatic carbocycles. The molecule has 92 valence electrons. The lowest BCUT2D eigenvalue weighted by Crippen LogP contribution is -2.14. The van der Waals surface area contributed by atoms with Crippen LogP contribution in [-0.2, 0) is 13.1 Å². The predicted octanol–water partition coefficient (Wildman–Crippen LogP) is 0.860. The normalized spacial score (nSPS) is 10.2. The molecule has 2 aromatic heterocycles. The van der Waals surface area contributed by atoms with E-state index >= 15 is 0 Å². The summed E-state index contributed by atoms with van der Waals surface area (Å²) in [6.07, 6.45) is 4.53. The van der Waals surface area contributed by atoms with Crippen LogP contribution in [0.4, 0.5) is 0 Å². The van der Waals surface area contributed by atoms with E-state index in [-0.39, 0.29) is 5.56 Å². The van der Waals surface area contributed by atoms with Gasteiger partial charge in [-0.25, -0.2) is 14.8 Å². The molecule has 0 radical (unpaired) electrons. The minimum atomic E-state index is -0.969. The summed E-state index contributed by atoms with van der Waals surface area (Å²) in [5, 5.41) is 11.9. The SMILES string of the molecule is O=C(O)c1ccc(CNCc2ccncn2)nc1. The fraction of sp³-hybridized carbons (Fsp3) is 0.167. The van der Waals surface area contributed by atoms with Crippen molar-refractivity contribution in [3.8, 4) is 0 Å². The number of rotatable bonds is 5. The van der Waals surface area contributed by atoms with Crippen LogP contribution in [0.15, 0.2) is 36.9 Å². The van der Waals surface area contributed by atoms with Crippen LogP contribution in [0.2, 0.25) is 0 Å². The molecular formula is C12H12N4O2. The molecule has 0 saturated heterocycles. The average molecular weight is 244 g/mol. The Balaban J connectivity index is 1.85. The monoisotopic (exact) mass is 244 g/mol. The fourth-order valence-electron chi connectivity index (χ4n) is 1.40.